The van der Waals surface area contributed by atoms with E-state index in [0.717, 1.165) is 44.7 Å². The monoisotopic (exact) mass is 271 g/mol. The van der Waals surface area contributed by atoms with Crippen LogP contribution < -0.4 is 10.6 Å². The van der Waals surface area contributed by atoms with E-state index in [1.807, 2.05) is 12.3 Å². The van der Waals surface area contributed by atoms with Gasteiger partial charge in [-0.25, -0.2) is 4.98 Å². The molecule has 0 amide bonds. The first-order chi connectivity index (χ1) is 9.76. The SMILES string of the molecule is N#Cc1ccc(N2CCC(N3CCC(N)CC3)C2)cn1. The largest absolute Gasteiger partial charge is 0.369 e. The third kappa shape index (κ3) is 2.77. The lowest BCUT2D eigenvalue weighted by molar-refractivity contribution is 0.163. The predicted octanol–water partition coefficient (Wildman–Crippen LogP) is 0.955. The minimum absolute atomic E-state index is 0.395. The van der Waals surface area contributed by atoms with Gasteiger partial charge in [-0.1, -0.05) is 0 Å². The molecule has 2 fully saturated rings. The Morgan fingerprint density at radius 1 is 1.20 bits per heavy atom. The number of nitrogens with zero attached hydrogens (tertiary/aromatic N) is 4. The zero-order chi connectivity index (χ0) is 13.9. The molecule has 0 bridgehead atoms. The lowest BCUT2D eigenvalue weighted by atomic mass is 10.0. The minimum Gasteiger partial charge on any atom is -0.369 e. The number of nitrogens with two attached hydrogens (primary N) is 1. The molecular weight excluding hydrogens is 250 g/mol. The lowest BCUT2D eigenvalue weighted by Gasteiger charge is -2.34. The Labute approximate surface area is 120 Å². The predicted molar refractivity (Wildman–Crippen MR) is 78.4 cm³/mol. The highest BCUT2D eigenvalue weighted by Crippen LogP contribution is 2.24. The number of rotatable bonds is 2. The third-order valence-electron chi connectivity index (χ3n) is 4.48. The van der Waals surface area contributed by atoms with Gasteiger partial charge in [0, 0.05) is 25.2 Å². The van der Waals surface area contributed by atoms with Gasteiger partial charge in [-0.15, -0.1) is 0 Å². The first-order valence-electron chi connectivity index (χ1n) is 7.37. The number of hydrogen-bond donors (Lipinski definition) is 1. The number of nitriles is 1. The summed E-state index contributed by atoms with van der Waals surface area (Å²) in [4.78, 5) is 9.11. The van der Waals surface area contributed by atoms with E-state index < -0.39 is 0 Å². The number of aromatic nitrogens is 1. The second-order valence-electron chi connectivity index (χ2n) is 5.78. The van der Waals surface area contributed by atoms with E-state index in [1.54, 1.807) is 6.07 Å². The summed E-state index contributed by atoms with van der Waals surface area (Å²) in [6, 6.07) is 6.89. The Bertz CT molecular complexity index is 484. The summed E-state index contributed by atoms with van der Waals surface area (Å²) in [6.45, 7) is 4.39. The highest BCUT2D eigenvalue weighted by molar-refractivity contribution is 5.47. The molecule has 3 rings (SSSR count). The summed E-state index contributed by atoms with van der Waals surface area (Å²) in [5.74, 6) is 0. The number of piperidine rings is 1. The maximum absolute atomic E-state index is 8.78. The Kier molecular flexibility index (Phi) is 3.86. The third-order valence-corrected chi connectivity index (χ3v) is 4.48. The van der Waals surface area contributed by atoms with Crippen molar-refractivity contribution in [2.24, 2.45) is 5.73 Å². The van der Waals surface area contributed by atoms with Crippen LogP contribution in [0.25, 0.3) is 0 Å². The molecule has 3 heterocycles. The second-order valence-corrected chi connectivity index (χ2v) is 5.78. The van der Waals surface area contributed by atoms with E-state index in [0.29, 0.717) is 17.8 Å². The van der Waals surface area contributed by atoms with Gasteiger partial charge in [0.2, 0.25) is 0 Å². The molecule has 0 aliphatic carbocycles. The topological polar surface area (TPSA) is 69.2 Å². The highest BCUT2D eigenvalue weighted by atomic mass is 15.3. The van der Waals surface area contributed by atoms with Gasteiger partial charge in [-0.2, -0.15) is 5.26 Å². The van der Waals surface area contributed by atoms with Gasteiger partial charge < -0.3 is 10.6 Å². The molecule has 20 heavy (non-hydrogen) atoms. The quantitative estimate of drug-likeness (QED) is 0.867. The summed E-state index contributed by atoms with van der Waals surface area (Å²) >= 11 is 0. The van der Waals surface area contributed by atoms with Crippen molar-refractivity contribution in [1.29, 1.82) is 5.26 Å². The fourth-order valence-corrected chi connectivity index (χ4v) is 3.20. The molecule has 1 unspecified atom stereocenters. The Balaban J connectivity index is 1.60. The fraction of sp³-hybridized carbons (Fsp3) is 0.600. The van der Waals surface area contributed by atoms with Crippen LogP contribution in [0.5, 0.6) is 0 Å². The van der Waals surface area contributed by atoms with E-state index in [9.17, 15) is 0 Å². The van der Waals surface area contributed by atoms with Gasteiger partial charge in [0.15, 0.2) is 0 Å². The molecule has 0 spiro atoms. The molecule has 1 aromatic rings. The molecule has 0 aromatic carbocycles. The molecule has 0 radical (unpaired) electrons. The van der Waals surface area contributed by atoms with Crippen LogP contribution in [0.4, 0.5) is 5.69 Å². The molecule has 5 heteroatoms. The normalized spacial score (nSPS) is 24.8. The smallest absolute Gasteiger partial charge is 0.140 e. The van der Waals surface area contributed by atoms with E-state index >= 15 is 0 Å². The van der Waals surface area contributed by atoms with Crippen LogP contribution in [0.2, 0.25) is 0 Å². The maximum atomic E-state index is 8.78. The van der Waals surface area contributed by atoms with Crippen LogP contribution in [0.3, 0.4) is 0 Å². The molecule has 106 valence electrons. The van der Waals surface area contributed by atoms with Crippen molar-refractivity contribution >= 4 is 5.69 Å². The molecule has 2 saturated heterocycles. The van der Waals surface area contributed by atoms with Crippen molar-refractivity contribution in [3.63, 3.8) is 0 Å². The summed E-state index contributed by atoms with van der Waals surface area (Å²) < 4.78 is 0. The first-order valence-corrected chi connectivity index (χ1v) is 7.37. The lowest BCUT2D eigenvalue weighted by Crippen LogP contribution is -2.46. The number of pyridine rings is 1. The van der Waals surface area contributed by atoms with E-state index in [-0.39, 0.29) is 0 Å². The van der Waals surface area contributed by atoms with E-state index in [1.165, 1.54) is 6.42 Å². The molecule has 2 aliphatic rings. The molecular formula is C15H21N5. The van der Waals surface area contributed by atoms with Gasteiger partial charge >= 0.3 is 0 Å². The van der Waals surface area contributed by atoms with Crippen molar-refractivity contribution in [3.8, 4) is 6.07 Å². The number of hydrogen-bond acceptors (Lipinski definition) is 5. The zero-order valence-electron chi connectivity index (χ0n) is 11.7. The van der Waals surface area contributed by atoms with Crippen molar-refractivity contribution in [1.82, 2.24) is 9.88 Å². The molecule has 1 atom stereocenters. The summed E-state index contributed by atoms with van der Waals surface area (Å²) in [7, 11) is 0. The summed E-state index contributed by atoms with van der Waals surface area (Å²) in [5, 5.41) is 8.78. The van der Waals surface area contributed by atoms with Crippen LogP contribution in [0, 0.1) is 11.3 Å². The Morgan fingerprint density at radius 2 is 2.00 bits per heavy atom. The Morgan fingerprint density at radius 3 is 2.65 bits per heavy atom. The average Bonchev–Trinajstić information content (AvgIpc) is 2.98. The minimum atomic E-state index is 0.395. The molecule has 5 nitrogen and oxygen atoms in total. The maximum Gasteiger partial charge on any atom is 0.140 e. The van der Waals surface area contributed by atoms with Crippen molar-refractivity contribution < 1.29 is 0 Å². The van der Waals surface area contributed by atoms with E-state index in [4.69, 9.17) is 11.0 Å². The first kappa shape index (κ1) is 13.3. The van der Waals surface area contributed by atoms with Crippen LogP contribution in [0.15, 0.2) is 18.3 Å². The summed E-state index contributed by atoms with van der Waals surface area (Å²) in [6.07, 6.45) is 5.26. The Hall–Kier alpha value is -1.64. The highest BCUT2D eigenvalue weighted by Gasteiger charge is 2.29. The van der Waals surface area contributed by atoms with Crippen molar-refractivity contribution in [2.45, 2.75) is 31.3 Å². The van der Waals surface area contributed by atoms with Crippen molar-refractivity contribution in [2.75, 3.05) is 31.1 Å². The van der Waals surface area contributed by atoms with Gasteiger partial charge in [0.1, 0.15) is 11.8 Å². The average molecular weight is 271 g/mol. The fourth-order valence-electron chi connectivity index (χ4n) is 3.20. The van der Waals surface area contributed by atoms with Crippen LogP contribution >= 0.6 is 0 Å². The van der Waals surface area contributed by atoms with Crippen LogP contribution in [0.1, 0.15) is 25.0 Å². The van der Waals surface area contributed by atoms with Crippen LogP contribution in [-0.2, 0) is 0 Å². The van der Waals surface area contributed by atoms with E-state index in [2.05, 4.69) is 20.9 Å². The molecule has 1 aromatic heterocycles. The van der Waals surface area contributed by atoms with Gasteiger partial charge in [-0.3, -0.25) is 4.90 Å². The number of anilines is 1. The van der Waals surface area contributed by atoms with Gasteiger partial charge in [-0.05, 0) is 44.5 Å². The molecule has 0 saturated carbocycles. The standard InChI is InChI=1S/C15H21N5/c16-9-13-1-2-14(10-18-13)20-8-5-15(11-20)19-6-3-12(17)4-7-19/h1-2,10,12,15H,3-8,11,17H2. The van der Waals surface area contributed by atoms with Gasteiger partial charge in [0.25, 0.3) is 0 Å². The zero-order valence-corrected chi connectivity index (χ0v) is 11.7. The second kappa shape index (κ2) is 5.78. The number of likely N-dealkylation sites (tertiary alicyclic amines) is 1. The van der Waals surface area contributed by atoms with Crippen molar-refractivity contribution in [3.05, 3.63) is 24.0 Å². The van der Waals surface area contributed by atoms with Gasteiger partial charge in [0.05, 0.1) is 11.9 Å². The molecule has 2 N–H and O–H groups in total. The van der Waals surface area contributed by atoms with Crippen LogP contribution in [-0.4, -0.2) is 48.1 Å². The molecule has 2 aliphatic heterocycles. The summed E-state index contributed by atoms with van der Waals surface area (Å²) in [5.41, 5.74) is 7.58.